The minimum absolute atomic E-state index is 0.00368. The quantitative estimate of drug-likeness (QED) is 0.917. The second-order valence-corrected chi connectivity index (χ2v) is 6.53. The third kappa shape index (κ3) is 2.24. The molecule has 2 aliphatic rings. The Labute approximate surface area is 114 Å². The molecule has 2 fully saturated rings. The molecule has 0 aromatic carbocycles. The second-order valence-electron chi connectivity index (χ2n) is 4.73. The summed E-state index contributed by atoms with van der Waals surface area (Å²) >= 11 is 7.35. The first-order valence-corrected chi connectivity index (χ1v) is 7.16. The predicted octanol–water partition coefficient (Wildman–Crippen LogP) is 1.64. The number of nitrogens with zero attached hydrogens (tertiary/aromatic N) is 1. The van der Waals surface area contributed by atoms with E-state index in [4.69, 9.17) is 11.6 Å². The number of nitrogens with one attached hydrogen (secondary N) is 1. The number of thiophene rings is 1. The van der Waals surface area contributed by atoms with Crippen LogP contribution in [0.4, 0.5) is 0 Å². The van der Waals surface area contributed by atoms with Crippen molar-refractivity contribution in [3.63, 3.8) is 0 Å². The highest BCUT2D eigenvalue weighted by Crippen LogP contribution is 2.37. The molecule has 96 valence electrons. The van der Waals surface area contributed by atoms with E-state index < -0.39 is 0 Å². The second kappa shape index (κ2) is 4.55. The summed E-state index contributed by atoms with van der Waals surface area (Å²) in [5, 5.41) is 2.67. The van der Waals surface area contributed by atoms with Crippen molar-refractivity contribution in [2.75, 3.05) is 6.54 Å². The van der Waals surface area contributed by atoms with Crippen LogP contribution in [0.2, 0.25) is 4.34 Å². The first-order valence-electron chi connectivity index (χ1n) is 5.96. The van der Waals surface area contributed by atoms with Gasteiger partial charge in [0.05, 0.1) is 17.4 Å². The van der Waals surface area contributed by atoms with Crippen molar-refractivity contribution in [2.24, 2.45) is 5.92 Å². The van der Waals surface area contributed by atoms with Crippen LogP contribution < -0.4 is 5.32 Å². The number of hydrogen-bond donors (Lipinski definition) is 1. The number of rotatable bonds is 3. The summed E-state index contributed by atoms with van der Waals surface area (Å²) in [5.74, 6) is 0.320. The van der Waals surface area contributed by atoms with E-state index in [1.807, 2.05) is 12.1 Å². The number of carbonyl (C=O) groups excluding carboxylic acids is 2. The summed E-state index contributed by atoms with van der Waals surface area (Å²) in [7, 11) is 0. The standard InChI is InChI=1S/C12H13ClN2O2S/c13-9-4-3-8(18-9)6-15-10(16)5-14-12(17)11(15)7-1-2-7/h3-4,7,11H,1-2,5-6H2,(H,14,17). The lowest BCUT2D eigenvalue weighted by atomic mass is 10.1. The fourth-order valence-electron chi connectivity index (χ4n) is 2.34. The van der Waals surface area contributed by atoms with E-state index in [0.717, 1.165) is 17.7 Å². The summed E-state index contributed by atoms with van der Waals surface area (Å²) in [6.07, 6.45) is 2.07. The normalized spacial score (nSPS) is 24.3. The molecule has 4 nitrogen and oxygen atoms in total. The molecule has 6 heteroatoms. The Bertz CT molecular complexity index is 498. The SMILES string of the molecule is O=C1NCC(=O)N(Cc2ccc(Cl)s2)C1C1CC1. The summed E-state index contributed by atoms with van der Waals surface area (Å²) in [4.78, 5) is 26.6. The van der Waals surface area contributed by atoms with Crippen LogP contribution in [0.5, 0.6) is 0 Å². The van der Waals surface area contributed by atoms with Crippen molar-refractivity contribution < 1.29 is 9.59 Å². The highest BCUT2D eigenvalue weighted by molar-refractivity contribution is 7.16. The number of amides is 2. The van der Waals surface area contributed by atoms with Gasteiger partial charge < -0.3 is 10.2 Å². The number of piperazine rings is 1. The molecule has 2 amide bonds. The zero-order chi connectivity index (χ0) is 12.7. The highest BCUT2D eigenvalue weighted by Gasteiger charge is 2.44. The van der Waals surface area contributed by atoms with Gasteiger partial charge in [0, 0.05) is 4.88 Å². The van der Waals surface area contributed by atoms with E-state index in [1.165, 1.54) is 11.3 Å². The van der Waals surface area contributed by atoms with Gasteiger partial charge in [0.1, 0.15) is 6.04 Å². The molecule has 1 unspecified atom stereocenters. The van der Waals surface area contributed by atoms with Gasteiger partial charge in [-0.3, -0.25) is 9.59 Å². The van der Waals surface area contributed by atoms with Crippen LogP contribution in [0.3, 0.4) is 0 Å². The summed E-state index contributed by atoms with van der Waals surface area (Å²) in [6.45, 7) is 0.603. The van der Waals surface area contributed by atoms with Crippen LogP contribution >= 0.6 is 22.9 Å². The van der Waals surface area contributed by atoms with Gasteiger partial charge in [-0.1, -0.05) is 11.6 Å². The van der Waals surface area contributed by atoms with Crippen molar-refractivity contribution in [2.45, 2.75) is 25.4 Å². The van der Waals surface area contributed by atoms with Crippen molar-refractivity contribution >= 4 is 34.8 Å². The lowest BCUT2D eigenvalue weighted by Gasteiger charge is -2.34. The molecule has 1 aromatic heterocycles. The minimum Gasteiger partial charge on any atom is -0.345 e. The number of hydrogen-bond acceptors (Lipinski definition) is 3. The molecule has 1 aliphatic carbocycles. The van der Waals surface area contributed by atoms with E-state index >= 15 is 0 Å². The van der Waals surface area contributed by atoms with E-state index in [0.29, 0.717) is 16.8 Å². The van der Waals surface area contributed by atoms with Crippen LogP contribution in [-0.4, -0.2) is 29.3 Å². The molecule has 18 heavy (non-hydrogen) atoms. The fraction of sp³-hybridized carbons (Fsp3) is 0.500. The van der Waals surface area contributed by atoms with E-state index in [9.17, 15) is 9.59 Å². The first kappa shape index (κ1) is 12.0. The average molecular weight is 285 g/mol. The maximum absolute atomic E-state index is 12.0. The molecule has 1 atom stereocenters. The van der Waals surface area contributed by atoms with Gasteiger partial charge in [0.25, 0.3) is 0 Å². The molecule has 0 spiro atoms. The van der Waals surface area contributed by atoms with E-state index in [-0.39, 0.29) is 24.4 Å². The Kier molecular flexibility index (Phi) is 3.03. The van der Waals surface area contributed by atoms with Crippen molar-refractivity contribution in [1.29, 1.82) is 0 Å². The Morgan fingerprint density at radius 1 is 1.39 bits per heavy atom. The van der Waals surface area contributed by atoms with Crippen molar-refractivity contribution in [3.05, 3.63) is 21.3 Å². The maximum Gasteiger partial charge on any atom is 0.243 e. The molecule has 0 radical (unpaired) electrons. The Balaban J connectivity index is 1.81. The van der Waals surface area contributed by atoms with Crippen molar-refractivity contribution in [1.82, 2.24) is 10.2 Å². The van der Waals surface area contributed by atoms with E-state index in [1.54, 1.807) is 4.90 Å². The lowest BCUT2D eigenvalue weighted by Crippen LogP contribution is -2.58. The molecule has 0 bridgehead atoms. The smallest absolute Gasteiger partial charge is 0.243 e. The minimum atomic E-state index is -0.285. The molecule has 1 saturated heterocycles. The van der Waals surface area contributed by atoms with Crippen molar-refractivity contribution in [3.8, 4) is 0 Å². The van der Waals surface area contributed by atoms with Crippen LogP contribution in [-0.2, 0) is 16.1 Å². The lowest BCUT2D eigenvalue weighted by molar-refractivity contribution is -0.147. The van der Waals surface area contributed by atoms with Gasteiger partial charge in [-0.25, -0.2) is 0 Å². The van der Waals surface area contributed by atoms with Gasteiger partial charge in [-0.15, -0.1) is 11.3 Å². The van der Waals surface area contributed by atoms with Crippen LogP contribution in [0.1, 0.15) is 17.7 Å². The third-order valence-corrected chi connectivity index (χ3v) is 4.58. The van der Waals surface area contributed by atoms with Gasteiger partial charge in [0.2, 0.25) is 11.8 Å². The molecular weight excluding hydrogens is 272 g/mol. The molecule has 3 rings (SSSR count). The Hall–Kier alpha value is -1.07. The monoisotopic (exact) mass is 284 g/mol. The van der Waals surface area contributed by atoms with Gasteiger partial charge in [0.15, 0.2) is 0 Å². The highest BCUT2D eigenvalue weighted by atomic mass is 35.5. The van der Waals surface area contributed by atoms with Crippen LogP contribution in [0.15, 0.2) is 12.1 Å². The predicted molar refractivity (Wildman–Crippen MR) is 69.4 cm³/mol. The fourth-order valence-corrected chi connectivity index (χ4v) is 3.42. The van der Waals surface area contributed by atoms with Gasteiger partial charge in [-0.05, 0) is 30.9 Å². The largest absolute Gasteiger partial charge is 0.345 e. The molecule has 1 aliphatic heterocycles. The maximum atomic E-state index is 12.0. The molecule has 1 aromatic rings. The zero-order valence-corrected chi connectivity index (χ0v) is 11.3. The first-order chi connectivity index (χ1) is 8.65. The summed E-state index contributed by atoms with van der Waals surface area (Å²) in [6, 6.07) is 3.45. The Morgan fingerprint density at radius 2 is 2.17 bits per heavy atom. The molecule has 2 heterocycles. The van der Waals surface area contributed by atoms with Crippen LogP contribution in [0.25, 0.3) is 0 Å². The van der Waals surface area contributed by atoms with Gasteiger partial charge in [-0.2, -0.15) is 0 Å². The molecule has 1 N–H and O–H groups in total. The zero-order valence-electron chi connectivity index (χ0n) is 9.69. The summed E-state index contributed by atoms with van der Waals surface area (Å²) in [5.41, 5.74) is 0. The molecular formula is C12H13ClN2O2S. The topological polar surface area (TPSA) is 49.4 Å². The number of carbonyl (C=O) groups is 2. The molecule has 1 saturated carbocycles. The third-order valence-electron chi connectivity index (χ3n) is 3.36. The number of halogens is 1. The summed E-state index contributed by atoms with van der Waals surface area (Å²) < 4.78 is 0.710. The average Bonchev–Trinajstić information content (AvgIpc) is 3.08. The van der Waals surface area contributed by atoms with E-state index in [2.05, 4.69) is 5.32 Å². The Morgan fingerprint density at radius 3 is 2.78 bits per heavy atom. The van der Waals surface area contributed by atoms with Crippen LogP contribution in [0, 0.1) is 5.92 Å². The van der Waals surface area contributed by atoms with Gasteiger partial charge >= 0.3 is 0 Å².